The fourth-order valence-electron chi connectivity index (χ4n) is 2.94. The molecule has 1 rings (SSSR count). The molecular formula is C20H35N7O5S. The summed E-state index contributed by atoms with van der Waals surface area (Å²) < 4.78 is 0. The smallest absolute Gasteiger partial charge is 0.326 e. The van der Waals surface area contributed by atoms with Crippen LogP contribution in [0.3, 0.4) is 0 Å². The Morgan fingerprint density at radius 2 is 1.79 bits per heavy atom. The van der Waals surface area contributed by atoms with Gasteiger partial charge in [0, 0.05) is 18.3 Å². The number of nitrogens with two attached hydrogens (primary N) is 2. The first-order valence-corrected chi connectivity index (χ1v) is 12.1. The molecule has 0 spiro atoms. The van der Waals surface area contributed by atoms with Gasteiger partial charge in [0.05, 0.1) is 12.4 Å². The molecule has 0 saturated heterocycles. The number of nitrogens with one attached hydrogen (secondary N) is 4. The number of imidazole rings is 1. The van der Waals surface area contributed by atoms with Crippen LogP contribution >= 0.6 is 11.8 Å². The number of unbranched alkanes of at least 4 members (excludes halogenated alkanes) is 1. The van der Waals surface area contributed by atoms with Crippen molar-refractivity contribution in [1.29, 1.82) is 0 Å². The van der Waals surface area contributed by atoms with Crippen LogP contribution in [0.1, 0.15) is 38.3 Å². The highest BCUT2D eigenvalue weighted by Crippen LogP contribution is 2.06. The quantitative estimate of drug-likeness (QED) is 0.139. The van der Waals surface area contributed by atoms with Gasteiger partial charge in [0.25, 0.3) is 0 Å². The van der Waals surface area contributed by atoms with E-state index in [1.807, 2.05) is 6.26 Å². The van der Waals surface area contributed by atoms with Crippen LogP contribution in [-0.4, -0.2) is 81.5 Å². The predicted octanol–water partition coefficient (Wildman–Crippen LogP) is -1.28. The van der Waals surface area contributed by atoms with E-state index in [1.165, 1.54) is 25.0 Å². The molecular weight excluding hydrogens is 450 g/mol. The number of nitrogens with zero attached hydrogens (tertiary/aromatic N) is 1. The number of amides is 3. The van der Waals surface area contributed by atoms with E-state index in [0.29, 0.717) is 37.3 Å². The van der Waals surface area contributed by atoms with Crippen molar-refractivity contribution in [3.63, 3.8) is 0 Å². The number of rotatable bonds is 16. The minimum atomic E-state index is -1.15. The number of aromatic nitrogens is 2. The summed E-state index contributed by atoms with van der Waals surface area (Å²) in [6.07, 6.45) is 6.84. The number of hydrogen-bond acceptors (Lipinski definition) is 8. The maximum atomic E-state index is 12.7. The molecule has 0 aliphatic rings. The Morgan fingerprint density at radius 1 is 1.09 bits per heavy atom. The molecule has 0 aliphatic carbocycles. The molecule has 1 aromatic rings. The van der Waals surface area contributed by atoms with Gasteiger partial charge in [0.1, 0.15) is 18.1 Å². The largest absolute Gasteiger partial charge is 0.480 e. The molecule has 3 amide bonds. The predicted molar refractivity (Wildman–Crippen MR) is 125 cm³/mol. The van der Waals surface area contributed by atoms with Crippen molar-refractivity contribution in [2.24, 2.45) is 11.5 Å². The average Bonchev–Trinajstić information content (AvgIpc) is 3.28. The topological polar surface area (TPSA) is 205 Å². The van der Waals surface area contributed by atoms with E-state index in [1.54, 1.807) is 6.20 Å². The molecule has 13 heteroatoms. The van der Waals surface area contributed by atoms with E-state index in [2.05, 4.69) is 25.9 Å². The zero-order chi connectivity index (χ0) is 24.8. The van der Waals surface area contributed by atoms with Crippen LogP contribution in [0.25, 0.3) is 0 Å². The number of carbonyl (C=O) groups is 4. The van der Waals surface area contributed by atoms with E-state index in [4.69, 9.17) is 11.5 Å². The molecule has 9 N–H and O–H groups in total. The molecule has 0 fully saturated rings. The molecule has 1 heterocycles. The zero-order valence-corrected chi connectivity index (χ0v) is 19.8. The number of carboxylic acids is 1. The van der Waals surface area contributed by atoms with Gasteiger partial charge in [-0.2, -0.15) is 11.8 Å². The van der Waals surface area contributed by atoms with Gasteiger partial charge in [-0.1, -0.05) is 0 Å². The van der Waals surface area contributed by atoms with Gasteiger partial charge in [-0.25, -0.2) is 9.78 Å². The summed E-state index contributed by atoms with van der Waals surface area (Å²) in [7, 11) is 0. The number of thioether (sulfide) groups is 1. The van der Waals surface area contributed by atoms with Crippen LogP contribution in [0.4, 0.5) is 0 Å². The Morgan fingerprint density at radius 3 is 2.36 bits per heavy atom. The van der Waals surface area contributed by atoms with Gasteiger partial charge in [-0.3, -0.25) is 14.4 Å². The summed E-state index contributed by atoms with van der Waals surface area (Å²) in [6.45, 7) is 1.91. The van der Waals surface area contributed by atoms with Gasteiger partial charge >= 0.3 is 5.97 Å². The molecule has 33 heavy (non-hydrogen) atoms. The molecule has 4 atom stereocenters. The van der Waals surface area contributed by atoms with E-state index in [9.17, 15) is 24.3 Å². The minimum absolute atomic E-state index is 0.222. The molecule has 186 valence electrons. The third-order valence-corrected chi connectivity index (χ3v) is 5.53. The third-order valence-electron chi connectivity index (χ3n) is 4.89. The summed E-state index contributed by atoms with van der Waals surface area (Å²) in [5, 5.41) is 17.0. The molecule has 1 aromatic heterocycles. The van der Waals surface area contributed by atoms with Crippen molar-refractivity contribution in [2.75, 3.05) is 18.6 Å². The summed E-state index contributed by atoms with van der Waals surface area (Å²) >= 11 is 1.49. The Kier molecular flexibility index (Phi) is 13.1. The van der Waals surface area contributed by atoms with E-state index < -0.39 is 47.9 Å². The van der Waals surface area contributed by atoms with Crippen molar-refractivity contribution in [1.82, 2.24) is 25.9 Å². The second-order valence-electron chi connectivity index (χ2n) is 7.64. The van der Waals surface area contributed by atoms with Crippen molar-refractivity contribution in [3.05, 3.63) is 18.2 Å². The average molecular weight is 486 g/mol. The second kappa shape index (κ2) is 15.2. The molecule has 12 nitrogen and oxygen atoms in total. The fraction of sp³-hybridized carbons (Fsp3) is 0.650. The lowest BCUT2D eigenvalue weighted by Gasteiger charge is -2.23. The summed E-state index contributed by atoms with van der Waals surface area (Å²) in [6, 6.07) is -3.86. The maximum absolute atomic E-state index is 12.7. The lowest BCUT2D eigenvalue weighted by molar-refractivity contribution is -0.142. The Balaban J connectivity index is 2.68. The van der Waals surface area contributed by atoms with Gasteiger partial charge in [-0.05, 0) is 51.2 Å². The van der Waals surface area contributed by atoms with Crippen LogP contribution in [0, 0.1) is 0 Å². The van der Waals surface area contributed by atoms with Gasteiger partial charge in [-0.15, -0.1) is 0 Å². The first kappa shape index (κ1) is 28.4. The first-order valence-electron chi connectivity index (χ1n) is 10.7. The Bertz CT molecular complexity index is 762. The maximum Gasteiger partial charge on any atom is 0.326 e. The number of aromatic amines is 1. The van der Waals surface area contributed by atoms with Gasteiger partial charge < -0.3 is 37.5 Å². The van der Waals surface area contributed by atoms with Crippen LogP contribution in [0.5, 0.6) is 0 Å². The number of carboxylic acid groups (broad SMARTS) is 1. The molecule has 0 saturated carbocycles. The normalized spacial score (nSPS) is 14.5. The number of hydrogen-bond donors (Lipinski definition) is 7. The minimum Gasteiger partial charge on any atom is -0.480 e. The highest BCUT2D eigenvalue weighted by molar-refractivity contribution is 7.98. The van der Waals surface area contributed by atoms with Crippen LogP contribution in [0.15, 0.2) is 12.5 Å². The zero-order valence-electron chi connectivity index (χ0n) is 19.0. The van der Waals surface area contributed by atoms with Crippen molar-refractivity contribution < 1.29 is 24.3 Å². The highest BCUT2D eigenvalue weighted by Gasteiger charge is 2.28. The van der Waals surface area contributed by atoms with Crippen molar-refractivity contribution in [2.45, 2.75) is 63.2 Å². The SMILES string of the molecule is CSCCC(NC(=O)C(C)NC(=O)C(N)Cc1cnc[nH]1)C(=O)NC(CCCCN)C(=O)O. The second-order valence-corrected chi connectivity index (χ2v) is 8.63. The Hall–Kier alpha value is -2.64. The first-order chi connectivity index (χ1) is 15.7. The summed E-state index contributed by atoms with van der Waals surface area (Å²) in [5.41, 5.74) is 12.0. The summed E-state index contributed by atoms with van der Waals surface area (Å²) in [5.74, 6) is -2.27. The molecule has 0 aliphatic heterocycles. The fourth-order valence-corrected chi connectivity index (χ4v) is 3.41. The van der Waals surface area contributed by atoms with Crippen molar-refractivity contribution in [3.8, 4) is 0 Å². The molecule has 0 aromatic carbocycles. The molecule has 4 unspecified atom stereocenters. The van der Waals surface area contributed by atoms with Crippen molar-refractivity contribution >= 4 is 35.5 Å². The number of carbonyl (C=O) groups excluding carboxylic acids is 3. The van der Waals surface area contributed by atoms with Crippen LogP contribution in [0.2, 0.25) is 0 Å². The third kappa shape index (κ3) is 10.7. The van der Waals surface area contributed by atoms with E-state index in [-0.39, 0.29) is 12.8 Å². The number of H-pyrrole nitrogens is 1. The van der Waals surface area contributed by atoms with Crippen LogP contribution in [-0.2, 0) is 25.6 Å². The van der Waals surface area contributed by atoms with Crippen LogP contribution < -0.4 is 27.4 Å². The van der Waals surface area contributed by atoms with E-state index >= 15 is 0 Å². The van der Waals surface area contributed by atoms with E-state index in [0.717, 1.165) is 0 Å². The summed E-state index contributed by atoms with van der Waals surface area (Å²) in [4.78, 5) is 55.9. The monoisotopic (exact) mass is 485 g/mol. The lowest BCUT2D eigenvalue weighted by atomic mass is 10.1. The molecule has 0 bridgehead atoms. The molecule has 0 radical (unpaired) electrons. The van der Waals surface area contributed by atoms with Gasteiger partial charge in [0.2, 0.25) is 17.7 Å². The van der Waals surface area contributed by atoms with Gasteiger partial charge in [0.15, 0.2) is 0 Å². The number of aliphatic carboxylic acids is 1. The lowest BCUT2D eigenvalue weighted by Crippen LogP contribution is -2.56. The standard InChI is InChI=1S/C20H35N7O5S/c1-12(25-18(29)14(22)9-13-10-23-11-24-13)17(28)26-15(6-8-33-2)19(30)27-16(20(31)32)5-3-4-7-21/h10-12,14-16H,3-9,21-22H2,1-2H3,(H,23,24)(H,25,29)(H,26,28)(H,27,30)(H,31,32). The Labute approximate surface area is 197 Å². The highest BCUT2D eigenvalue weighted by atomic mass is 32.2.